The number of aliphatic imine (C=N–C) groups is 2. The van der Waals surface area contributed by atoms with Gasteiger partial charge in [-0.15, -0.1) is 0 Å². The highest BCUT2D eigenvalue weighted by atomic mass is 15.2. The number of nitriles is 1. The summed E-state index contributed by atoms with van der Waals surface area (Å²) in [7, 11) is 0. The Bertz CT molecular complexity index is 2510. The third-order valence-corrected chi connectivity index (χ3v) is 9.59. The Morgan fingerprint density at radius 2 is 1.22 bits per heavy atom. The van der Waals surface area contributed by atoms with Crippen LogP contribution in [0.1, 0.15) is 39.5 Å². The van der Waals surface area contributed by atoms with Crippen molar-refractivity contribution in [2.45, 2.75) is 12.6 Å². The molecule has 0 fully saturated rings. The number of nitrogens with zero attached hydrogens (tertiary/aromatic N) is 3. The molecule has 4 heteroatoms. The van der Waals surface area contributed by atoms with Crippen molar-refractivity contribution in [3.8, 4) is 39.4 Å². The van der Waals surface area contributed by atoms with Crippen molar-refractivity contribution in [3.05, 3.63) is 191 Å². The number of amidine groups is 2. The summed E-state index contributed by atoms with van der Waals surface area (Å²) in [6.45, 7) is 0. The Balaban J connectivity index is 1.12. The van der Waals surface area contributed by atoms with Crippen molar-refractivity contribution in [1.29, 1.82) is 5.26 Å². The van der Waals surface area contributed by atoms with E-state index in [0.29, 0.717) is 5.84 Å². The predicted octanol–water partition coefficient (Wildman–Crippen LogP) is 10.1. The van der Waals surface area contributed by atoms with Crippen LogP contribution in [0.25, 0.3) is 44.2 Å². The van der Waals surface area contributed by atoms with Gasteiger partial charge in [0, 0.05) is 16.7 Å². The molecule has 0 saturated carbocycles. The van der Waals surface area contributed by atoms with Crippen molar-refractivity contribution in [2.24, 2.45) is 9.98 Å². The van der Waals surface area contributed by atoms with Gasteiger partial charge in [0.2, 0.25) is 0 Å². The van der Waals surface area contributed by atoms with Gasteiger partial charge in [-0.25, -0.2) is 9.98 Å². The normalized spacial score (nSPS) is 14.6. The highest BCUT2D eigenvalue weighted by Crippen LogP contribution is 2.46. The van der Waals surface area contributed by atoms with E-state index in [0.717, 1.165) is 56.8 Å². The van der Waals surface area contributed by atoms with Gasteiger partial charge in [0.05, 0.1) is 11.6 Å². The molecule has 1 atom stereocenters. The maximum absolute atomic E-state index is 9.98. The number of hydrogen-bond donors (Lipinski definition) is 1. The van der Waals surface area contributed by atoms with Crippen LogP contribution in [-0.2, 0) is 6.42 Å². The molecular formula is C45H30N4. The second-order valence-corrected chi connectivity index (χ2v) is 12.5. The largest absolute Gasteiger partial charge is 0.344 e. The summed E-state index contributed by atoms with van der Waals surface area (Å²) in [6.07, 6.45) is 0.537. The SMILES string of the molecule is N#Cc1cccc2c1-c1cc(-c3cccc(-c4cccc(C5N=C(c6ccccc6)N=C(c6ccccc6)N5)c4)c3)c3ccccc3c1C2. The van der Waals surface area contributed by atoms with Crippen LogP contribution in [0.5, 0.6) is 0 Å². The zero-order chi connectivity index (χ0) is 32.7. The van der Waals surface area contributed by atoms with E-state index in [1.165, 1.54) is 33.0 Å². The number of hydrogen-bond acceptors (Lipinski definition) is 4. The Kier molecular flexibility index (Phi) is 6.96. The average Bonchev–Trinajstić information content (AvgIpc) is 3.57. The summed E-state index contributed by atoms with van der Waals surface area (Å²) >= 11 is 0. The molecule has 1 N–H and O–H groups in total. The maximum Gasteiger partial charge on any atom is 0.159 e. The van der Waals surface area contributed by atoms with Gasteiger partial charge < -0.3 is 5.32 Å². The highest BCUT2D eigenvalue weighted by Gasteiger charge is 2.25. The lowest BCUT2D eigenvalue weighted by Gasteiger charge is -2.24. The number of fused-ring (bicyclic) bond motifs is 5. The monoisotopic (exact) mass is 626 g/mol. The van der Waals surface area contributed by atoms with Gasteiger partial charge in [-0.05, 0) is 86.0 Å². The van der Waals surface area contributed by atoms with Crippen LogP contribution in [0, 0.1) is 11.3 Å². The molecule has 7 aromatic carbocycles. The zero-order valence-electron chi connectivity index (χ0n) is 26.6. The summed E-state index contributed by atoms with van der Waals surface area (Å²) in [5.41, 5.74) is 13.1. The first-order valence-electron chi connectivity index (χ1n) is 16.5. The van der Waals surface area contributed by atoms with Crippen LogP contribution >= 0.6 is 0 Å². The quantitative estimate of drug-likeness (QED) is 0.207. The smallest absolute Gasteiger partial charge is 0.159 e. The molecule has 1 aliphatic carbocycles. The molecular weight excluding hydrogens is 597 g/mol. The second kappa shape index (κ2) is 11.9. The summed E-state index contributed by atoms with van der Waals surface area (Å²) in [5.74, 6) is 1.51. The summed E-state index contributed by atoms with van der Waals surface area (Å²) in [5, 5.41) is 16.1. The summed E-state index contributed by atoms with van der Waals surface area (Å²) in [4.78, 5) is 10.0. The highest BCUT2D eigenvalue weighted by molar-refractivity contribution is 6.13. The van der Waals surface area contributed by atoms with Gasteiger partial charge in [-0.2, -0.15) is 5.26 Å². The first-order chi connectivity index (χ1) is 24.2. The van der Waals surface area contributed by atoms with E-state index in [1.54, 1.807) is 0 Å². The first kappa shape index (κ1) is 28.6. The van der Waals surface area contributed by atoms with Crippen molar-refractivity contribution in [1.82, 2.24) is 5.32 Å². The molecule has 1 aliphatic heterocycles. The Morgan fingerprint density at radius 3 is 2.02 bits per heavy atom. The van der Waals surface area contributed by atoms with Gasteiger partial charge in [0.1, 0.15) is 12.0 Å². The number of rotatable bonds is 5. The minimum Gasteiger partial charge on any atom is -0.344 e. The van der Waals surface area contributed by atoms with Crippen molar-refractivity contribution < 1.29 is 0 Å². The van der Waals surface area contributed by atoms with Crippen molar-refractivity contribution >= 4 is 22.4 Å². The van der Waals surface area contributed by atoms with E-state index in [-0.39, 0.29) is 6.17 Å². The fourth-order valence-corrected chi connectivity index (χ4v) is 7.27. The van der Waals surface area contributed by atoms with Gasteiger partial charge in [-0.1, -0.05) is 133 Å². The molecule has 0 saturated heterocycles. The van der Waals surface area contributed by atoms with Crippen molar-refractivity contribution in [2.75, 3.05) is 0 Å². The van der Waals surface area contributed by atoms with Gasteiger partial charge in [-0.3, -0.25) is 0 Å². The van der Waals surface area contributed by atoms with Crippen LogP contribution in [0.2, 0.25) is 0 Å². The molecule has 9 rings (SSSR count). The fraction of sp³-hybridized carbons (Fsp3) is 0.0444. The van der Waals surface area contributed by atoms with Crippen LogP contribution in [0.15, 0.2) is 168 Å². The molecule has 0 aromatic heterocycles. The third kappa shape index (κ3) is 5.10. The number of benzene rings is 7. The van der Waals surface area contributed by atoms with E-state index in [4.69, 9.17) is 9.98 Å². The summed E-state index contributed by atoms with van der Waals surface area (Å²) in [6, 6.07) is 57.3. The molecule has 1 unspecified atom stereocenters. The van der Waals surface area contributed by atoms with Gasteiger partial charge in [0.15, 0.2) is 5.84 Å². The van der Waals surface area contributed by atoms with Crippen LogP contribution in [0.4, 0.5) is 0 Å². The fourth-order valence-electron chi connectivity index (χ4n) is 7.27. The lowest BCUT2D eigenvalue weighted by atomic mass is 9.89. The molecule has 49 heavy (non-hydrogen) atoms. The minimum atomic E-state index is -0.305. The molecule has 230 valence electrons. The van der Waals surface area contributed by atoms with E-state index < -0.39 is 0 Å². The third-order valence-electron chi connectivity index (χ3n) is 9.59. The topological polar surface area (TPSA) is 60.5 Å². The molecule has 0 amide bonds. The average molecular weight is 627 g/mol. The molecule has 0 spiro atoms. The van der Waals surface area contributed by atoms with Crippen LogP contribution in [-0.4, -0.2) is 11.7 Å². The van der Waals surface area contributed by atoms with Crippen LogP contribution in [0.3, 0.4) is 0 Å². The molecule has 4 nitrogen and oxygen atoms in total. The lowest BCUT2D eigenvalue weighted by Crippen LogP contribution is -2.33. The van der Waals surface area contributed by atoms with Gasteiger partial charge in [0.25, 0.3) is 0 Å². The minimum absolute atomic E-state index is 0.305. The molecule has 1 heterocycles. The van der Waals surface area contributed by atoms with E-state index in [1.807, 2.05) is 48.5 Å². The van der Waals surface area contributed by atoms with Gasteiger partial charge >= 0.3 is 0 Å². The number of nitrogens with one attached hydrogen (secondary N) is 1. The lowest BCUT2D eigenvalue weighted by molar-refractivity contribution is 0.674. The molecule has 2 aliphatic rings. The summed E-state index contributed by atoms with van der Waals surface area (Å²) < 4.78 is 0. The Labute approximate surface area is 285 Å². The predicted molar refractivity (Wildman–Crippen MR) is 200 cm³/mol. The maximum atomic E-state index is 9.98. The molecule has 0 radical (unpaired) electrons. The zero-order valence-corrected chi connectivity index (χ0v) is 26.6. The van der Waals surface area contributed by atoms with E-state index >= 15 is 0 Å². The molecule has 7 aromatic rings. The standard InChI is InChI=1S/C45H30N4/c46-28-36-21-11-19-34-26-40-38-23-8-7-22-37(38)39(27-41(40)42(34)36)33-18-9-16-31(24-33)32-17-10-20-35(25-32)45-48-43(29-12-3-1-4-13-29)47-44(49-45)30-14-5-2-6-15-30/h1-25,27,45H,26H2,(H,47,48,49). The second-order valence-electron chi connectivity index (χ2n) is 12.5. The molecule has 0 bridgehead atoms. The van der Waals surface area contributed by atoms with Crippen LogP contribution < -0.4 is 5.32 Å². The van der Waals surface area contributed by atoms with E-state index in [9.17, 15) is 5.26 Å². The first-order valence-corrected chi connectivity index (χ1v) is 16.5. The Morgan fingerprint density at radius 1 is 0.571 bits per heavy atom. The van der Waals surface area contributed by atoms with E-state index in [2.05, 4.69) is 121 Å². The van der Waals surface area contributed by atoms with Crippen molar-refractivity contribution in [3.63, 3.8) is 0 Å². The Hall–Kier alpha value is -6.57.